The molecule has 1 heterocycles. The molecule has 2 aromatic rings. The van der Waals surface area contributed by atoms with E-state index in [2.05, 4.69) is 38.0 Å². The summed E-state index contributed by atoms with van der Waals surface area (Å²) in [7, 11) is 0. The maximum Gasteiger partial charge on any atom is 0.0460 e. The summed E-state index contributed by atoms with van der Waals surface area (Å²) >= 11 is 6.06. The number of hydrogen-bond donors (Lipinski definition) is 2. The van der Waals surface area contributed by atoms with Crippen LogP contribution in [0.5, 0.6) is 0 Å². The molecule has 0 bridgehead atoms. The maximum absolute atomic E-state index is 6.06. The van der Waals surface area contributed by atoms with Crippen molar-refractivity contribution in [2.45, 2.75) is 39.8 Å². The first kappa shape index (κ1) is 12.5. The van der Waals surface area contributed by atoms with E-state index in [0.717, 1.165) is 17.1 Å². The number of aromatic nitrogens is 1. The normalized spacial score (nSPS) is 12.3. The van der Waals surface area contributed by atoms with Crippen LogP contribution in [0.15, 0.2) is 18.2 Å². The summed E-state index contributed by atoms with van der Waals surface area (Å²) < 4.78 is 0. The monoisotopic (exact) mass is 250 g/mol. The molecular formula is C14H19ClN2. The van der Waals surface area contributed by atoms with E-state index in [4.69, 9.17) is 11.6 Å². The fourth-order valence-electron chi connectivity index (χ4n) is 1.94. The lowest BCUT2D eigenvalue weighted by Crippen LogP contribution is -2.35. The van der Waals surface area contributed by atoms with E-state index >= 15 is 0 Å². The van der Waals surface area contributed by atoms with Crippen LogP contribution in [0.1, 0.15) is 32.0 Å². The first-order valence-electron chi connectivity index (χ1n) is 5.88. The van der Waals surface area contributed by atoms with Gasteiger partial charge < -0.3 is 10.3 Å². The molecule has 2 rings (SSSR count). The van der Waals surface area contributed by atoms with Crippen molar-refractivity contribution in [3.8, 4) is 0 Å². The standard InChI is InChI=1S/C14H19ClN2/c1-9-12(8-16-14(2,3)4)11-7-10(15)5-6-13(11)17-9/h5-7,16-17H,8H2,1-4H3. The van der Waals surface area contributed by atoms with Gasteiger partial charge in [0.25, 0.3) is 0 Å². The SMILES string of the molecule is Cc1[nH]c2ccc(Cl)cc2c1CNC(C)(C)C. The highest BCUT2D eigenvalue weighted by atomic mass is 35.5. The van der Waals surface area contributed by atoms with Crippen molar-refractivity contribution >= 4 is 22.5 Å². The fraction of sp³-hybridized carbons (Fsp3) is 0.429. The average molecular weight is 251 g/mol. The summed E-state index contributed by atoms with van der Waals surface area (Å²) in [6.07, 6.45) is 0. The summed E-state index contributed by atoms with van der Waals surface area (Å²) in [5, 5.41) is 5.51. The third-order valence-electron chi connectivity index (χ3n) is 2.88. The van der Waals surface area contributed by atoms with Gasteiger partial charge in [0.15, 0.2) is 0 Å². The Balaban J connectivity index is 2.38. The minimum Gasteiger partial charge on any atom is -0.358 e. The van der Waals surface area contributed by atoms with E-state index < -0.39 is 0 Å². The molecule has 0 radical (unpaired) electrons. The number of aromatic amines is 1. The third-order valence-corrected chi connectivity index (χ3v) is 3.11. The van der Waals surface area contributed by atoms with E-state index in [1.165, 1.54) is 16.6 Å². The quantitative estimate of drug-likeness (QED) is 0.828. The van der Waals surface area contributed by atoms with Crippen LogP contribution < -0.4 is 5.32 Å². The van der Waals surface area contributed by atoms with Crippen molar-refractivity contribution in [3.05, 3.63) is 34.5 Å². The largest absolute Gasteiger partial charge is 0.358 e. The number of hydrogen-bond acceptors (Lipinski definition) is 1. The second-order valence-electron chi connectivity index (χ2n) is 5.52. The molecule has 1 aromatic carbocycles. The van der Waals surface area contributed by atoms with Crippen molar-refractivity contribution in [1.29, 1.82) is 0 Å². The van der Waals surface area contributed by atoms with Crippen LogP contribution >= 0.6 is 11.6 Å². The van der Waals surface area contributed by atoms with Gasteiger partial charge in [0.1, 0.15) is 0 Å². The van der Waals surface area contributed by atoms with Gasteiger partial charge in [-0.25, -0.2) is 0 Å². The first-order valence-corrected chi connectivity index (χ1v) is 6.26. The van der Waals surface area contributed by atoms with Crippen LogP contribution in [-0.2, 0) is 6.54 Å². The van der Waals surface area contributed by atoms with Crippen LogP contribution in [0.4, 0.5) is 0 Å². The third kappa shape index (κ3) is 2.82. The molecule has 3 heteroatoms. The number of rotatable bonds is 2. The number of H-pyrrole nitrogens is 1. The molecule has 0 amide bonds. The van der Waals surface area contributed by atoms with Gasteiger partial charge in [0.05, 0.1) is 0 Å². The van der Waals surface area contributed by atoms with Gasteiger partial charge in [-0.1, -0.05) is 11.6 Å². The predicted molar refractivity (Wildman–Crippen MR) is 74.6 cm³/mol. The molecule has 0 saturated heterocycles. The van der Waals surface area contributed by atoms with Gasteiger partial charge >= 0.3 is 0 Å². The lowest BCUT2D eigenvalue weighted by atomic mass is 10.1. The Morgan fingerprint density at radius 3 is 2.65 bits per heavy atom. The molecule has 92 valence electrons. The number of fused-ring (bicyclic) bond motifs is 1. The second-order valence-corrected chi connectivity index (χ2v) is 5.96. The molecular weight excluding hydrogens is 232 g/mol. The Kier molecular flexibility index (Phi) is 3.19. The number of benzene rings is 1. The molecule has 0 atom stereocenters. The molecule has 0 saturated carbocycles. The van der Waals surface area contributed by atoms with Crippen LogP contribution in [0, 0.1) is 6.92 Å². The summed E-state index contributed by atoms with van der Waals surface area (Å²) in [6.45, 7) is 9.47. The molecule has 0 aliphatic rings. The van der Waals surface area contributed by atoms with Gasteiger partial charge in [0.2, 0.25) is 0 Å². The van der Waals surface area contributed by atoms with E-state index in [-0.39, 0.29) is 5.54 Å². The molecule has 2 nitrogen and oxygen atoms in total. The second kappa shape index (κ2) is 4.35. The minimum atomic E-state index is 0.120. The van der Waals surface area contributed by atoms with Crippen molar-refractivity contribution in [3.63, 3.8) is 0 Å². The zero-order chi connectivity index (χ0) is 12.6. The van der Waals surface area contributed by atoms with Gasteiger partial charge in [-0.15, -0.1) is 0 Å². The van der Waals surface area contributed by atoms with Crippen molar-refractivity contribution in [1.82, 2.24) is 10.3 Å². The molecule has 1 aromatic heterocycles. The van der Waals surface area contributed by atoms with Crippen molar-refractivity contribution in [2.75, 3.05) is 0 Å². The summed E-state index contributed by atoms with van der Waals surface area (Å²) in [4.78, 5) is 3.39. The van der Waals surface area contributed by atoms with Gasteiger partial charge in [-0.2, -0.15) is 0 Å². The van der Waals surface area contributed by atoms with Crippen LogP contribution in [0.25, 0.3) is 10.9 Å². The maximum atomic E-state index is 6.06. The van der Waals surface area contributed by atoms with E-state index in [9.17, 15) is 0 Å². The van der Waals surface area contributed by atoms with Gasteiger partial charge in [-0.3, -0.25) is 0 Å². The van der Waals surface area contributed by atoms with Gasteiger partial charge in [0, 0.05) is 33.7 Å². The minimum absolute atomic E-state index is 0.120. The topological polar surface area (TPSA) is 27.8 Å². The predicted octanol–water partition coefficient (Wildman–Crippen LogP) is 4.02. The Hall–Kier alpha value is -0.990. The molecule has 2 N–H and O–H groups in total. The van der Waals surface area contributed by atoms with Crippen molar-refractivity contribution in [2.24, 2.45) is 0 Å². The Bertz CT molecular complexity index is 535. The highest BCUT2D eigenvalue weighted by molar-refractivity contribution is 6.31. The summed E-state index contributed by atoms with van der Waals surface area (Å²) in [5.41, 5.74) is 3.78. The lowest BCUT2D eigenvalue weighted by molar-refractivity contribution is 0.424. The van der Waals surface area contributed by atoms with Crippen molar-refractivity contribution < 1.29 is 0 Å². The summed E-state index contributed by atoms with van der Waals surface area (Å²) in [6, 6.07) is 5.98. The number of nitrogens with one attached hydrogen (secondary N) is 2. The molecule has 0 aliphatic heterocycles. The van der Waals surface area contributed by atoms with E-state index in [1.54, 1.807) is 0 Å². The fourth-order valence-corrected chi connectivity index (χ4v) is 2.11. The molecule has 0 spiro atoms. The highest BCUT2D eigenvalue weighted by Gasteiger charge is 2.13. The number of halogens is 1. The molecule has 17 heavy (non-hydrogen) atoms. The van der Waals surface area contributed by atoms with Crippen LogP contribution in [0.3, 0.4) is 0 Å². The summed E-state index contributed by atoms with van der Waals surface area (Å²) in [5.74, 6) is 0. The zero-order valence-electron chi connectivity index (χ0n) is 10.8. The Morgan fingerprint density at radius 2 is 2.00 bits per heavy atom. The van der Waals surface area contributed by atoms with E-state index in [0.29, 0.717) is 0 Å². The van der Waals surface area contributed by atoms with Gasteiger partial charge in [-0.05, 0) is 51.5 Å². The first-order chi connectivity index (χ1) is 7.87. The lowest BCUT2D eigenvalue weighted by Gasteiger charge is -2.20. The van der Waals surface area contributed by atoms with Crippen LogP contribution in [0.2, 0.25) is 5.02 Å². The molecule has 0 aliphatic carbocycles. The van der Waals surface area contributed by atoms with E-state index in [1.807, 2.05) is 18.2 Å². The number of aryl methyl sites for hydroxylation is 1. The average Bonchev–Trinajstić information content (AvgIpc) is 2.49. The zero-order valence-corrected chi connectivity index (χ0v) is 11.6. The smallest absolute Gasteiger partial charge is 0.0460 e. The van der Waals surface area contributed by atoms with Crippen LogP contribution in [-0.4, -0.2) is 10.5 Å². The Labute approximate surface area is 107 Å². The Morgan fingerprint density at radius 1 is 1.29 bits per heavy atom. The molecule has 0 fully saturated rings. The highest BCUT2D eigenvalue weighted by Crippen LogP contribution is 2.25. The molecule has 0 unspecified atom stereocenters.